The van der Waals surface area contributed by atoms with Crippen LogP contribution in [-0.2, 0) is 4.79 Å². The van der Waals surface area contributed by atoms with Gasteiger partial charge in [-0.25, -0.2) is 0 Å². The Morgan fingerprint density at radius 3 is 2.54 bits per heavy atom. The van der Waals surface area contributed by atoms with Crippen LogP contribution in [0.1, 0.15) is 50.4 Å². The van der Waals surface area contributed by atoms with Gasteiger partial charge >= 0.3 is 0 Å². The van der Waals surface area contributed by atoms with Crippen molar-refractivity contribution in [3.05, 3.63) is 53.9 Å². The van der Waals surface area contributed by atoms with Gasteiger partial charge in [0.2, 0.25) is 5.91 Å². The number of benzene rings is 1. The molecule has 0 aliphatic carbocycles. The molecular weight excluding hydrogens is 300 g/mol. The average Bonchev–Trinajstić information content (AvgIpc) is 3.01. The summed E-state index contributed by atoms with van der Waals surface area (Å²) in [6.45, 7) is 8.94. The van der Waals surface area contributed by atoms with Crippen LogP contribution in [0.25, 0.3) is 0 Å². The molecule has 24 heavy (non-hydrogen) atoms. The zero-order valence-corrected chi connectivity index (χ0v) is 15.0. The molecule has 3 atom stereocenters. The van der Waals surface area contributed by atoms with Crippen LogP contribution in [0.5, 0.6) is 0 Å². The molecule has 0 aliphatic heterocycles. The first-order chi connectivity index (χ1) is 11.5. The molecule has 0 spiro atoms. The van der Waals surface area contributed by atoms with Crippen molar-refractivity contribution in [1.29, 1.82) is 0 Å². The lowest BCUT2D eigenvalue weighted by Gasteiger charge is -2.22. The zero-order chi connectivity index (χ0) is 17.5. The quantitative estimate of drug-likeness (QED) is 0.783. The molecule has 2 N–H and O–H groups in total. The number of hydrogen-bond donors (Lipinski definition) is 2. The van der Waals surface area contributed by atoms with Crippen LogP contribution in [0.4, 0.5) is 0 Å². The lowest BCUT2D eigenvalue weighted by Crippen LogP contribution is -2.37. The highest BCUT2D eigenvalue weighted by atomic mass is 16.1. The molecule has 5 heteroatoms. The molecule has 0 unspecified atom stereocenters. The van der Waals surface area contributed by atoms with Crippen LogP contribution in [0, 0.1) is 6.92 Å². The van der Waals surface area contributed by atoms with Gasteiger partial charge in [-0.15, -0.1) is 0 Å². The average molecular weight is 328 g/mol. The standard InChI is InChI=1S/C19H28N4O/c1-14-12-21-23(13-14)17(4)15(2)20-11-10-19(24)22-16(3)18-8-6-5-7-9-18/h5-9,12-13,15-17,20H,10-11H2,1-4H3,(H,22,24)/t15-,16-,17-/m1/s1. The van der Waals surface area contributed by atoms with E-state index in [4.69, 9.17) is 0 Å². The van der Waals surface area contributed by atoms with E-state index in [0.717, 1.165) is 11.1 Å². The Morgan fingerprint density at radius 1 is 1.21 bits per heavy atom. The SMILES string of the molecule is Cc1cnn([C@H](C)[C@@H](C)NCCC(=O)N[C@H](C)c2ccccc2)c1. The molecule has 0 radical (unpaired) electrons. The van der Waals surface area contributed by atoms with Gasteiger partial charge in [-0.2, -0.15) is 5.10 Å². The van der Waals surface area contributed by atoms with Gasteiger partial charge in [0.1, 0.15) is 0 Å². The van der Waals surface area contributed by atoms with E-state index in [9.17, 15) is 4.79 Å². The second-order valence-corrected chi connectivity index (χ2v) is 6.43. The molecule has 1 heterocycles. The fourth-order valence-corrected chi connectivity index (χ4v) is 2.61. The first-order valence-corrected chi connectivity index (χ1v) is 8.56. The highest BCUT2D eigenvalue weighted by molar-refractivity contribution is 5.76. The number of carbonyl (C=O) groups excluding carboxylic acids is 1. The van der Waals surface area contributed by atoms with E-state index in [2.05, 4.69) is 29.6 Å². The summed E-state index contributed by atoms with van der Waals surface area (Å²) in [6, 6.07) is 10.5. The number of hydrogen-bond acceptors (Lipinski definition) is 3. The van der Waals surface area contributed by atoms with Crippen molar-refractivity contribution in [3.8, 4) is 0 Å². The van der Waals surface area contributed by atoms with Gasteiger partial charge in [0.05, 0.1) is 18.3 Å². The summed E-state index contributed by atoms with van der Waals surface area (Å²) >= 11 is 0. The number of carbonyl (C=O) groups is 1. The minimum absolute atomic E-state index is 0.0297. The summed E-state index contributed by atoms with van der Waals surface area (Å²) in [5, 5.41) is 10.8. The predicted octanol–water partition coefficient (Wildman–Crippen LogP) is 3.00. The van der Waals surface area contributed by atoms with Gasteiger partial charge in [-0.3, -0.25) is 9.48 Å². The summed E-state index contributed by atoms with van der Waals surface area (Å²) in [5.41, 5.74) is 2.28. The maximum Gasteiger partial charge on any atom is 0.221 e. The summed E-state index contributed by atoms with van der Waals surface area (Å²) < 4.78 is 1.96. The zero-order valence-electron chi connectivity index (χ0n) is 15.0. The smallest absolute Gasteiger partial charge is 0.221 e. The van der Waals surface area contributed by atoms with Gasteiger partial charge < -0.3 is 10.6 Å². The van der Waals surface area contributed by atoms with E-state index in [0.29, 0.717) is 13.0 Å². The van der Waals surface area contributed by atoms with Crippen molar-refractivity contribution in [3.63, 3.8) is 0 Å². The predicted molar refractivity (Wildman–Crippen MR) is 96.8 cm³/mol. The van der Waals surface area contributed by atoms with Crippen LogP contribution >= 0.6 is 0 Å². The molecule has 0 fully saturated rings. The first kappa shape index (κ1) is 18.2. The van der Waals surface area contributed by atoms with Crippen molar-refractivity contribution < 1.29 is 4.79 Å². The third-order valence-electron chi connectivity index (χ3n) is 4.37. The van der Waals surface area contributed by atoms with E-state index in [1.54, 1.807) is 0 Å². The Morgan fingerprint density at radius 2 is 1.92 bits per heavy atom. The highest BCUT2D eigenvalue weighted by Gasteiger charge is 2.15. The van der Waals surface area contributed by atoms with E-state index < -0.39 is 0 Å². The van der Waals surface area contributed by atoms with Gasteiger partial charge in [0.25, 0.3) is 0 Å². The molecule has 1 amide bonds. The van der Waals surface area contributed by atoms with Gasteiger partial charge in [0.15, 0.2) is 0 Å². The van der Waals surface area contributed by atoms with E-state index >= 15 is 0 Å². The van der Waals surface area contributed by atoms with Crippen molar-refractivity contribution in [2.24, 2.45) is 0 Å². The van der Waals surface area contributed by atoms with Crippen LogP contribution in [0.3, 0.4) is 0 Å². The molecule has 0 saturated heterocycles. The molecule has 1 aromatic heterocycles. The number of aryl methyl sites for hydroxylation is 1. The number of rotatable bonds is 8. The molecule has 2 rings (SSSR count). The Bertz CT molecular complexity index is 638. The Kier molecular flexibility index (Phi) is 6.55. The highest BCUT2D eigenvalue weighted by Crippen LogP contribution is 2.12. The van der Waals surface area contributed by atoms with Crippen LogP contribution in [-0.4, -0.2) is 28.3 Å². The summed E-state index contributed by atoms with van der Waals surface area (Å²) in [5.74, 6) is 0.0636. The molecule has 1 aromatic carbocycles. The van der Waals surface area contributed by atoms with Crippen LogP contribution in [0.2, 0.25) is 0 Å². The molecule has 0 saturated carbocycles. The summed E-state index contributed by atoms with van der Waals surface area (Å²) in [7, 11) is 0. The third kappa shape index (κ3) is 5.20. The monoisotopic (exact) mass is 328 g/mol. The van der Waals surface area contributed by atoms with Crippen molar-refractivity contribution in [2.45, 2.75) is 52.2 Å². The third-order valence-corrected chi connectivity index (χ3v) is 4.37. The maximum absolute atomic E-state index is 12.1. The lowest BCUT2D eigenvalue weighted by molar-refractivity contribution is -0.121. The number of nitrogens with zero attached hydrogens (tertiary/aromatic N) is 2. The molecule has 130 valence electrons. The minimum atomic E-state index is 0.0297. The fourth-order valence-electron chi connectivity index (χ4n) is 2.61. The van der Waals surface area contributed by atoms with Gasteiger partial charge in [-0.1, -0.05) is 30.3 Å². The van der Waals surface area contributed by atoms with Gasteiger partial charge in [-0.05, 0) is 38.8 Å². The number of amides is 1. The maximum atomic E-state index is 12.1. The second kappa shape index (κ2) is 8.64. The van der Waals surface area contributed by atoms with Crippen molar-refractivity contribution >= 4 is 5.91 Å². The fraction of sp³-hybridized carbons (Fsp3) is 0.474. The minimum Gasteiger partial charge on any atom is -0.350 e. The van der Waals surface area contributed by atoms with E-state index in [1.807, 2.05) is 61.3 Å². The van der Waals surface area contributed by atoms with E-state index in [1.165, 1.54) is 0 Å². The van der Waals surface area contributed by atoms with Gasteiger partial charge in [0, 0.05) is 25.2 Å². The number of nitrogens with one attached hydrogen (secondary N) is 2. The Hall–Kier alpha value is -2.14. The Balaban J connectivity index is 1.72. The molecular formula is C19H28N4O. The second-order valence-electron chi connectivity index (χ2n) is 6.43. The van der Waals surface area contributed by atoms with E-state index in [-0.39, 0.29) is 24.0 Å². The molecule has 5 nitrogen and oxygen atoms in total. The molecule has 0 bridgehead atoms. The van der Waals surface area contributed by atoms with Crippen LogP contribution < -0.4 is 10.6 Å². The molecule has 2 aromatic rings. The largest absolute Gasteiger partial charge is 0.350 e. The Labute approximate surface area is 144 Å². The van der Waals surface area contributed by atoms with Crippen LogP contribution in [0.15, 0.2) is 42.7 Å². The topological polar surface area (TPSA) is 59.0 Å². The first-order valence-electron chi connectivity index (χ1n) is 8.56. The summed E-state index contributed by atoms with van der Waals surface area (Å²) in [4.78, 5) is 12.1. The normalized spacial score (nSPS) is 14.8. The number of aromatic nitrogens is 2. The molecule has 0 aliphatic rings. The summed E-state index contributed by atoms with van der Waals surface area (Å²) in [6.07, 6.45) is 4.37. The van der Waals surface area contributed by atoms with Crippen molar-refractivity contribution in [2.75, 3.05) is 6.54 Å². The van der Waals surface area contributed by atoms with Crippen molar-refractivity contribution in [1.82, 2.24) is 20.4 Å². The lowest BCUT2D eigenvalue weighted by atomic mass is 10.1.